The van der Waals surface area contributed by atoms with Crippen molar-refractivity contribution in [2.24, 2.45) is 0 Å². The number of hydrogen-bond acceptors (Lipinski definition) is 5. The van der Waals surface area contributed by atoms with Crippen LogP contribution < -0.4 is 4.31 Å². The fourth-order valence-corrected chi connectivity index (χ4v) is 5.12. The quantitative estimate of drug-likeness (QED) is 0.590. The standard InChI is InChI=1S/C24H30N2O5S/c1-4-20-9-5-6-15-26(20)23(27)17-31-24(28)19-8-7-10-22(16-19)32(29,30)25(3)21-13-11-18(2)12-14-21/h7-8,10-14,16,20H,4-6,9,15,17H2,1-3H3. The first-order valence-electron chi connectivity index (χ1n) is 10.9. The predicted molar refractivity (Wildman–Crippen MR) is 123 cm³/mol. The number of piperidine rings is 1. The lowest BCUT2D eigenvalue weighted by molar-refractivity contribution is -0.138. The van der Waals surface area contributed by atoms with Crippen LogP contribution in [0.4, 0.5) is 5.69 Å². The van der Waals surface area contributed by atoms with Crippen molar-refractivity contribution in [3.05, 3.63) is 59.7 Å². The minimum atomic E-state index is -3.87. The number of aryl methyl sites for hydroxylation is 1. The summed E-state index contributed by atoms with van der Waals surface area (Å²) in [4.78, 5) is 26.8. The molecule has 1 aliphatic rings. The van der Waals surface area contributed by atoms with Gasteiger partial charge >= 0.3 is 5.97 Å². The van der Waals surface area contributed by atoms with Crippen LogP contribution in [-0.4, -0.2) is 51.4 Å². The number of carbonyl (C=O) groups excluding carboxylic acids is 2. The summed E-state index contributed by atoms with van der Waals surface area (Å²) in [5.41, 5.74) is 1.62. The van der Waals surface area contributed by atoms with Gasteiger partial charge in [-0.3, -0.25) is 9.10 Å². The van der Waals surface area contributed by atoms with E-state index in [-0.39, 0.29) is 29.0 Å². The van der Waals surface area contributed by atoms with Gasteiger partial charge in [-0.05, 0) is 62.9 Å². The molecule has 1 fully saturated rings. The first kappa shape index (κ1) is 23.8. The number of ether oxygens (including phenoxy) is 1. The van der Waals surface area contributed by atoms with E-state index in [2.05, 4.69) is 0 Å². The summed E-state index contributed by atoms with van der Waals surface area (Å²) in [5, 5.41) is 0. The maximum Gasteiger partial charge on any atom is 0.338 e. The van der Waals surface area contributed by atoms with Gasteiger partial charge in [-0.2, -0.15) is 0 Å². The minimum absolute atomic E-state index is 0.0246. The van der Waals surface area contributed by atoms with Gasteiger partial charge in [0.25, 0.3) is 15.9 Å². The number of rotatable bonds is 7. The van der Waals surface area contributed by atoms with Crippen molar-refractivity contribution >= 4 is 27.6 Å². The Morgan fingerprint density at radius 1 is 1.12 bits per heavy atom. The molecule has 0 spiro atoms. The average Bonchev–Trinajstić information content (AvgIpc) is 2.82. The Kier molecular flexibility index (Phi) is 7.56. The second kappa shape index (κ2) is 10.2. The first-order chi connectivity index (χ1) is 15.2. The van der Waals surface area contributed by atoms with Gasteiger partial charge in [-0.15, -0.1) is 0 Å². The Morgan fingerprint density at radius 3 is 2.53 bits per heavy atom. The number of carbonyl (C=O) groups is 2. The molecule has 0 aromatic heterocycles. The smallest absolute Gasteiger partial charge is 0.338 e. The lowest BCUT2D eigenvalue weighted by atomic mass is 10.00. The van der Waals surface area contributed by atoms with Crippen LogP contribution in [0.2, 0.25) is 0 Å². The van der Waals surface area contributed by atoms with Crippen LogP contribution in [0.25, 0.3) is 0 Å². The summed E-state index contributed by atoms with van der Waals surface area (Å²) < 4.78 is 32.5. The Balaban J connectivity index is 1.70. The van der Waals surface area contributed by atoms with Crippen molar-refractivity contribution in [1.82, 2.24) is 4.90 Å². The van der Waals surface area contributed by atoms with E-state index >= 15 is 0 Å². The van der Waals surface area contributed by atoms with E-state index in [1.54, 1.807) is 17.0 Å². The van der Waals surface area contributed by atoms with Crippen LogP contribution in [-0.2, 0) is 19.6 Å². The highest BCUT2D eigenvalue weighted by molar-refractivity contribution is 7.92. The second-order valence-corrected chi connectivity index (χ2v) is 10.0. The molecule has 1 saturated heterocycles. The molecule has 172 valence electrons. The zero-order valence-corrected chi connectivity index (χ0v) is 19.6. The highest BCUT2D eigenvalue weighted by Crippen LogP contribution is 2.23. The first-order valence-corrected chi connectivity index (χ1v) is 12.3. The zero-order valence-electron chi connectivity index (χ0n) is 18.8. The molecule has 1 amide bonds. The number of benzene rings is 2. The van der Waals surface area contributed by atoms with Crippen LogP contribution in [0.5, 0.6) is 0 Å². The SMILES string of the molecule is CCC1CCCCN1C(=O)COC(=O)c1cccc(S(=O)(=O)N(C)c2ccc(C)cc2)c1. The summed E-state index contributed by atoms with van der Waals surface area (Å²) in [6, 6.07) is 13.0. The van der Waals surface area contributed by atoms with Gasteiger partial charge in [0, 0.05) is 19.6 Å². The van der Waals surface area contributed by atoms with Crippen molar-refractivity contribution in [3.8, 4) is 0 Å². The van der Waals surface area contributed by atoms with Crippen molar-refractivity contribution < 1.29 is 22.7 Å². The van der Waals surface area contributed by atoms with Gasteiger partial charge in [-0.25, -0.2) is 13.2 Å². The van der Waals surface area contributed by atoms with Gasteiger partial charge in [0.2, 0.25) is 0 Å². The maximum absolute atomic E-state index is 13.0. The molecular weight excluding hydrogens is 428 g/mol. The molecule has 0 saturated carbocycles. The van der Waals surface area contributed by atoms with Gasteiger partial charge in [-0.1, -0.05) is 30.7 Å². The molecule has 0 N–H and O–H groups in total. The topological polar surface area (TPSA) is 84.0 Å². The summed E-state index contributed by atoms with van der Waals surface area (Å²) in [7, 11) is -2.40. The Morgan fingerprint density at radius 2 is 1.84 bits per heavy atom. The van der Waals surface area contributed by atoms with Crippen molar-refractivity contribution in [2.75, 3.05) is 24.5 Å². The number of amides is 1. The van der Waals surface area contributed by atoms with Crippen molar-refractivity contribution in [3.63, 3.8) is 0 Å². The van der Waals surface area contributed by atoms with Crippen molar-refractivity contribution in [1.29, 1.82) is 0 Å². The molecule has 0 radical (unpaired) electrons. The van der Waals surface area contributed by atoms with Crippen LogP contribution in [0, 0.1) is 6.92 Å². The van der Waals surface area contributed by atoms with E-state index in [0.29, 0.717) is 12.2 Å². The van der Waals surface area contributed by atoms with E-state index in [1.807, 2.05) is 26.0 Å². The van der Waals surface area contributed by atoms with Gasteiger partial charge < -0.3 is 9.64 Å². The number of likely N-dealkylation sites (tertiary alicyclic amines) is 1. The molecule has 1 atom stereocenters. The summed E-state index contributed by atoms with van der Waals surface area (Å²) in [5.74, 6) is -0.939. The predicted octanol–water partition coefficient (Wildman–Crippen LogP) is 3.77. The third-order valence-corrected chi connectivity index (χ3v) is 7.65. The molecule has 3 rings (SSSR count). The average molecular weight is 459 g/mol. The van der Waals surface area contributed by atoms with E-state index < -0.39 is 16.0 Å². The van der Waals surface area contributed by atoms with Gasteiger partial charge in [0.05, 0.1) is 16.1 Å². The van der Waals surface area contributed by atoms with Crippen LogP contribution >= 0.6 is 0 Å². The third-order valence-electron chi connectivity index (χ3n) is 5.87. The van der Waals surface area contributed by atoms with E-state index in [4.69, 9.17) is 4.74 Å². The number of sulfonamides is 1. The Labute approximate surface area is 190 Å². The normalized spacial score (nSPS) is 16.5. The van der Waals surface area contributed by atoms with E-state index in [0.717, 1.165) is 31.2 Å². The van der Waals surface area contributed by atoms with Crippen molar-refractivity contribution in [2.45, 2.75) is 50.5 Å². The highest BCUT2D eigenvalue weighted by atomic mass is 32.2. The minimum Gasteiger partial charge on any atom is -0.452 e. The van der Waals surface area contributed by atoms with E-state index in [9.17, 15) is 18.0 Å². The fraction of sp³-hybridized carbons (Fsp3) is 0.417. The summed E-state index contributed by atoms with van der Waals surface area (Å²) in [6.07, 6.45) is 3.88. The molecule has 1 heterocycles. The van der Waals surface area contributed by atoms with Gasteiger partial charge in [0.15, 0.2) is 6.61 Å². The molecule has 0 bridgehead atoms. The number of nitrogens with zero attached hydrogens (tertiary/aromatic N) is 2. The lowest BCUT2D eigenvalue weighted by Crippen LogP contribution is -2.45. The molecule has 8 heteroatoms. The Hall–Kier alpha value is -2.87. The molecule has 1 aliphatic heterocycles. The monoisotopic (exact) mass is 458 g/mol. The molecule has 7 nitrogen and oxygen atoms in total. The number of esters is 1. The largest absolute Gasteiger partial charge is 0.452 e. The molecule has 2 aromatic rings. The maximum atomic E-state index is 13.0. The lowest BCUT2D eigenvalue weighted by Gasteiger charge is -2.35. The molecular formula is C24H30N2O5S. The number of hydrogen-bond donors (Lipinski definition) is 0. The van der Waals surface area contributed by atoms with Gasteiger partial charge in [0.1, 0.15) is 0 Å². The second-order valence-electron chi connectivity index (χ2n) is 8.06. The van der Waals surface area contributed by atoms with Crippen LogP contribution in [0.15, 0.2) is 53.4 Å². The molecule has 1 unspecified atom stereocenters. The fourth-order valence-electron chi connectivity index (χ4n) is 3.88. The summed E-state index contributed by atoms with van der Waals surface area (Å²) >= 11 is 0. The third kappa shape index (κ3) is 5.30. The van der Waals surface area contributed by atoms with Crippen LogP contribution in [0.3, 0.4) is 0 Å². The molecule has 2 aromatic carbocycles. The summed E-state index contributed by atoms with van der Waals surface area (Å²) in [6.45, 7) is 4.29. The zero-order chi connectivity index (χ0) is 23.3. The van der Waals surface area contributed by atoms with E-state index in [1.165, 1.54) is 35.6 Å². The molecule has 0 aliphatic carbocycles. The molecule has 32 heavy (non-hydrogen) atoms. The van der Waals surface area contributed by atoms with Crippen LogP contribution in [0.1, 0.15) is 48.5 Å². The highest BCUT2D eigenvalue weighted by Gasteiger charge is 2.27. The number of anilines is 1. The Bertz CT molecular complexity index is 1070.